The number of carbonyl (C=O) groups is 1. The van der Waals surface area contributed by atoms with Gasteiger partial charge in [-0.15, -0.1) is 0 Å². The van der Waals surface area contributed by atoms with Crippen LogP contribution < -0.4 is 0 Å². The molecule has 0 fully saturated rings. The van der Waals surface area contributed by atoms with Crippen LogP contribution in [0.1, 0.15) is 22.6 Å². The van der Waals surface area contributed by atoms with E-state index in [0.717, 1.165) is 10.6 Å². The van der Waals surface area contributed by atoms with Crippen molar-refractivity contribution < 1.29 is 27.8 Å². The number of aromatic carboxylic acids is 1. The van der Waals surface area contributed by atoms with Gasteiger partial charge in [-0.1, -0.05) is 0 Å². The predicted octanol–water partition coefficient (Wildman–Crippen LogP) is 2.79. The smallest absolute Gasteiger partial charge is 0.449 e. The van der Waals surface area contributed by atoms with Gasteiger partial charge in [-0.3, -0.25) is 0 Å². The first-order valence-corrected chi connectivity index (χ1v) is 6.14. The summed E-state index contributed by atoms with van der Waals surface area (Å²) < 4.78 is 44.9. The van der Waals surface area contributed by atoms with Crippen LogP contribution in [0.5, 0.6) is 0 Å². The fraction of sp³-hybridized carbons (Fsp3) is 0.385. The summed E-state index contributed by atoms with van der Waals surface area (Å²) in [5.74, 6) is -2.24. The number of aryl methyl sites for hydroxylation is 1. The van der Waals surface area contributed by atoms with Gasteiger partial charge in [0.25, 0.3) is 0 Å². The molecule has 5 nitrogen and oxygen atoms in total. The molecule has 0 radical (unpaired) electrons. The van der Waals surface area contributed by atoms with Crippen molar-refractivity contribution in [3.8, 4) is 0 Å². The van der Waals surface area contributed by atoms with Crippen molar-refractivity contribution in [1.82, 2.24) is 9.55 Å². The van der Waals surface area contributed by atoms with Crippen LogP contribution >= 0.6 is 0 Å². The van der Waals surface area contributed by atoms with Crippen LogP contribution in [-0.2, 0) is 17.5 Å². The minimum absolute atomic E-state index is 0.0136. The highest BCUT2D eigenvalue weighted by atomic mass is 19.4. The van der Waals surface area contributed by atoms with E-state index < -0.39 is 18.0 Å². The third-order valence-electron chi connectivity index (χ3n) is 2.98. The number of alkyl halides is 3. The van der Waals surface area contributed by atoms with Crippen molar-refractivity contribution in [2.45, 2.75) is 19.1 Å². The van der Waals surface area contributed by atoms with Crippen molar-refractivity contribution in [3.05, 3.63) is 29.6 Å². The van der Waals surface area contributed by atoms with E-state index in [1.165, 1.54) is 19.2 Å². The van der Waals surface area contributed by atoms with E-state index in [1.54, 1.807) is 0 Å². The molecule has 0 atom stereocenters. The van der Waals surface area contributed by atoms with E-state index in [4.69, 9.17) is 9.84 Å². The second-order valence-corrected chi connectivity index (χ2v) is 4.44. The summed E-state index contributed by atoms with van der Waals surface area (Å²) in [5, 5.41) is 8.88. The number of fused-ring (bicyclic) bond motifs is 1. The molecule has 0 aliphatic rings. The lowest BCUT2D eigenvalue weighted by atomic mass is 10.2. The summed E-state index contributed by atoms with van der Waals surface area (Å²) in [6.45, 7) is 0.412. The number of benzene rings is 1. The van der Waals surface area contributed by atoms with Crippen LogP contribution in [0, 0.1) is 0 Å². The minimum Gasteiger partial charge on any atom is -0.478 e. The Balaban J connectivity index is 2.53. The van der Waals surface area contributed by atoms with Gasteiger partial charge in [0, 0.05) is 20.3 Å². The quantitative estimate of drug-likeness (QED) is 0.863. The Morgan fingerprint density at radius 2 is 2.14 bits per heavy atom. The first kappa shape index (κ1) is 15.3. The molecule has 0 bridgehead atoms. The molecule has 21 heavy (non-hydrogen) atoms. The van der Waals surface area contributed by atoms with Crippen molar-refractivity contribution >= 4 is 17.0 Å². The largest absolute Gasteiger partial charge is 0.478 e. The molecule has 0 amide bonds. The molecule has 2 rings (SSSR count). The Morgan fingerprint density at radius 1 is 1.43 bits per heavy atom. The summed E-state index contributed by atoms with van der Waals surface area (Å²) in [6, 6.07) is 3.74. The first-order valence-electron chi connectivity index (χ1n) is 6.14. The summed E-state index contributed by atoms with van der Waals surface area (Å²) in [6.07, 6.45) is -4.21. The van der Waals surface area contributed by atoms with Crippen LogP contribution in [0.2, 0.25) is 0 Å². The van der Waals surface area contributed by atoms with E-state index in [9.17, 15) is 18.0 Å². The van der Waals surface area contributed by atoms with Gasteiger partial charge in [0.2, 0.25) is 5.82 Å². The average molecular weight is 302 g/mol. The minimum atomic E-state index is -4.60. The molecule has 2 aromatic rings. The number of halogens is 3. The second-order valence-electron chi connectivity index (χ2n) is 4.44. The molecule has 1 heterocycles. The number of carboxylic acids is 1. The van der Waals surface area contributed by atoms with E-state index >= 15 is 0 Å². The zero-order chi connectivity index (χ0) is 15.6. The standard InChI is InChI=1S/C13H13F3N2O3/c1-21-6-2-5-18-10-4-3-8(11(19)20)7-9(10)17-12(18)13(14,15)16/h3-4,7H,2,5-6H2,1H3,(H,19,20). The number of nitrogens with zero attached hydrogens (tertiary/aromatic N) is 2. The second kappa shape index (κ2) is 5.72. The number of carboxylic acid groups (broad SMARTS) is 1. The normalized spacial score (nSPS) is 12.0. The lowest BCUT2D eigenvalue weighted by Gasteiger charge is -2.11. The molecule has 0 saturated heterocycles. The molecular weight excluding hydrogens is 289 g/mol. The topological polar surface area (TPSA) is 64.4 Å². The summed E-state index contributed by atoms with van der Waals surface area (Å²) >= 11 is 0. The molecule has 114 valence electrons. The van der Waals surface area contributed by atoms with Gasteiger partial charge in [-0.25, -0.2) is 9.78 Å². The highest BCUT2D eigenvalue weighted by Crippen LogP contribution is 2.32. The Hall–Kier alpha value is -2.09. The Morgan fingerprint density at radius 3 is 2.71 bits per heavy atom. The number of aromatic nitrogens is 2. The molecular formula is C13H13F3N2O3. The third kappa shape index (κ3) is 3.15. The SMILES string of the molecule is COCCCn1c(C(F)(F)F)nc2cc(C(=O)O)ccc21. The molecule has 0 aliphatic heterocycles. The number of methoxy groups -OCH3 is 1. The maximum Gasteiger partial charge on any atom is 0.449 e. The molecule has 1 aromatic heterocycles. The number of hydrogen-bond donors (Lipinski definition) is 1. The molecule has 8 heteroatoms. The van der Waals surface area contributed by atoms with Crippen LogP contribution in [0.25, 0.3) is 11.0 Å². The van der Waals surface area contributed by atoms with E-state index in [-0.39, 0.29) is 23.1 Å². The van der Waals surface area contributed by atoms with Crippen molar-refractivity contribution in [1.29, 1.82) is 0 Å². The Bertz CT molecular complexity index is 664. The Kier molecular flexibility index (Phi) is 4.17. The van der Waals surface area contributed by atoms with Crippen LogP contribution in [-0.4, -0.2) is 34.3 Å². The van der Waals surface area contributed by atoms with Crippen molar-refractivity contribution in [2.75, 3.05) is 13.7 Å². The number of ether oxygens (including phenoxy) is 1. The van der Waals surface area contributed by atoms with E-state index in [2.05, 4.69) is 4.98 Å². The lowest BCUT2D eigenvalue weighted by molar-refractivity contribution is -0.147. The fourth-order valence-electron chi connectivity index (χ4n) is 2.07. The predicted molar refractivity (Wildman–Crippen MR) is 68.2 cm³/mol. The van der Waals surface area contributed by atoms with Gasteiger partial charge < -0.3 is 14.4 Å². The molecule has 0 unspecified atom stereocenters. The number of hydrogen-bond acceptors (Lipinski definition) is 3. The zero-order valence-corrected chi connectivity index (χ0v) is 11.1. The highest BCUT2D eigenvalue weighted by molar-refractivity contribution is 5.92. The zero-order valence-electron chi connectivity index (χ0n) is 11.1. The third-order valence-corrected chi connectivity index (χ3v) is 2.98. The highest BCUT2D eigenvalue weighted by Gasteiger charge is 2.37. The maximum atomic E-state index is 13.0. The van der Waals surface area contributed by atoms with Crippen LogP contribution in [0.3, 0.4) is 0 Å². The molecule has 0 aliphatic carbocycles. The molecule has 0 saturated carbocycles. The molecule has 1 N–H and O–H groups in total. The van der Waals surface area contributed by atoms with Gasteiger partial charge in [-0.05, 0) is 24.6 Å². The van der Waals surface area contributed by atoms with Crippen LogP contribution in [0.4, 0.5) is 13.2 Å². The van der Waals surface area contributed by atoms with Crippen LogP contribution in [0.15, 0.2) is 18.2 Å². The van der Waals surface area contributed by atoms with Gasteiger partial charge in [0.1, 0.15) is 0 Å². The van der Waals surface area contributed by atoms with E-state index in [0.29, 0.717) is 13.0 Å². The van der Waals surface area contributed by atoms with Gasteiger partial charge in [0.05, 0.1) is 16.6 Å². The number of rotatable bonds is 5. The van der Waals surface area contributed by atoms with Crippen molar-refractivity contribution in [3.63, 3.8) is 0 Å². The Labute approximate surface area is 118 Å². The lowest BCUT2D eigenvalue weighted by Crippen LogP contribution is -2.15. The average Bonchev–Trinajstić information content (AvgIpc) is 2.77. The van der Waals surface area contributed by atoms with Crippen molar-refractivity contribution in [2.24, 2.45) is 0 Å². The summed E-state index contributed by atoms with van der Waals surface area (Å²) in [5.41, 5.74) is 0.167. The first-order chi connectivity index (χ1) is 9.84. The maximum absolute atomic E-state index is 13.0. The summed E-state index contributed by atoms with van der Waals surface area (Å²) in [7, 11) is 1.47. The van der Waals surface area contributed by atoms with Gasteiger partial charge in [0.15, 0.2) is 0 Å². The fourth-order valence-corrected chi connectivity index (χ4v) is 2.07. The van der Waals surface area contributed by atoms with Gasteiger partial charge in [-0.2, -0.15) is 13.2 Å². The molecule has 0 spiro atoms. The van der Waals surface area contributed by atoms with E-state index in [1.807, 2.05) is 0 Å². The molecule has 1 aromatic carbocycles. The van der Waals surface area contributed by atoms with Gasteiger partial charge >= 0.3 is 12.1 Å². The monoisotopic (exact) mass is 302 g/mol. The number of imidazole rings is 1. The summed E-state index contributed by atoms with van der Waals surface area (Å²) in [4.78, 5) is 14.4.